The third-order valence-electron chi connectivity index (χ3n) is 1.26. The first kappa shape index (κ1) is 11.0. The van der Waals surface area contributed by atoms with Crippen molar-refractivity contribution in [2.75, 3.05) is 11.9 Å². The lowest BCUT2D eigenvalue weighted by Crippen LogP contribution is -1.96. The van der Waals surface area contributed by atoms with Gasteiger partial charge in [-0.2, -0.15) is 5.26 Å². The lowest BCUT2D eigenvalue weighted by molar-refractivity contribution is 1.00. The summed E-state index contributed by atoms with van der Waals surface area (Å²) in [5.74, 6) is 0. The van der Waals surface area contributed by atoms with Crippen LogP contribution in [-0.2, 0) is 0 Å². The van der Waals surface area contributed by atoms with Crippen LogP contribution in [0.3, 0.4) is 0 Å². The number of thioether (sulfide) groups is 1. The molecular weight excluding hydrogens is 216 g/mol. The molecule has 0 aliphatic heterocycles. The molecule has 4 nitrogen and oxygen atoms in total. The fraction of sp³-hybridized carbons (Fsp3) is 0.375. The Morgan fingerprint density at radius 2 is 2.57 bits per heavy atom. The molecule has 0 amide bonds. The molecule has 0 aromatic carbocycles. The number of rotatable bonds is 5. The highest BCUT2D eigenvalue weighted by Gasteiger charge is 2.07. The Morgan fingerprint density at radius 3 is 3.21 bits per heavy atom. The maximum absolute atomic E-state index is 8.60. The highest BCUT2D eigenvalue weighted by molar-refractivity contribution is 8.01. The number of nitriles is 1. The highest BCUT2D eigenvalue weighted by atomic mass is 32.2. The minimum absolute atomic E-state index is 0.0878. The molecule has 0 radical (unpaired) electrons. The van der Waals surface area contributed by atoms with Crippen molar-refractivity contribution in [1.29, 1.82) is 5.26 Å². The number of hydrogen-bond acceptors (Lipinski definition) is 6. The molecule has 14 heavy (non-hydrogen) atoms. The van der Waals surface area contributed by atoms with Crippen molar-refractivity contribution in [3.63, 3.8) is 0 Å². The molecule has 74 valence electrons. The summed E-state index contributed by atoms with van der Waals surface area (Å²) in [5.41, 5.74) is 0. The van der Waals surface area contributed by atoms with Crippen LogP contribution in [0.1, 0.15) is 6.92 Å². The van der Waals surface area contributed by atoms with Gasteiger partial charge < -0.3 is 5.32 Å². The Labute approximate surface area is 91.0 Å². The van der Waals surface area contributed by atoms with Gasteiger partial charge in [-0.25, -0.2) is 0 Å². The van der Waals surface area contributed by atoms with Gasteiger partial charge in [0, 0.05) is 6.54 Å². The Balaban J connectivity index is 2.51. The average molecular weight is 226 g/mol. The fourth-order valence-corrected chi connectivity index (χ4v) is 2.46. The molecule has 0 bridgehead atoms. The zero-order valence-electron chi connectivity index (χ0n) is 7.73. The second kappa shape index (κ2) is 5.62. The van der Waals surface area contributed by atoms with E-state index in [2.05, 4.69) is 28.2 Å². The van der Waals surface area contributed by atoms with Gasteiger partial charge in [0.2, 0.25) is 5.13 Å². The molecule has 0 spiro atoms. The van der Waals surface area contributed by atoms with Crippen molar-refractivity contribution in [3.8, 4) is 6.07 Å². The van der Waals surface area contributed by atoms with Gasteiger partial charge in [0.1, 0.15) is 0 Å². The number of anilines is 1. The SMILES string of the molecule is C=CCNc1nnc(SC(C)C#N)s1. The normalized spacial score (nSPS) is 11.7. The van der Waals surface area contributed by atoms with Crippen molar-refractivity contribution in [2.45, 2.75) is 16.5 Å². The molecule has 0 saturated carbocycles. The molecule has 0 aliphatic carbocycles. The van der Waals surface area contributed by atoms with Crippen molar-refractivity contribution in [2.24, 2.45) is 0 Å². The molecule has 1 unspecified atom stereocenters. The van der Waals surface area contributed by atoms with Crippen molar-refractivity contribution < 1.29 is 0 Å². The standard InChI is InChI=1S/C8H10N4S2/c1-3-4-10-7-11-12-8(14-7)13-6(2)5-9/h3,6H,1,4H2,2H3,(H,10,11). The van der Waals surface area contributed by atoms with E-state index in [9.17, 15) is 0 Å². The van der Waals surface area contributed by atoms with E-state index >= 15 is 0 Å². The van der Waals surface area contributed by atoms with Crippen molar-refractivity contribution in [1.82, 2.24) is 10.2 Å². The van der Waals surface area contributed by atoms with Gasteiger partial charge in [-0.05, 0) is 6.92 Å². The monoisotopic (exact) mass is 226 g/mol. The predicted octanol–water partition coefficient (Wildman–Crippen LogP) is 2.14. The van der Waals surface area contributed by atoms with Crippen LogP contribution in [0, 0.1) is 11.3 Å². The van der Waals surface area contributed by atoms with Gasteiger partial charge in [0.05, 0.1) is 11.3 Å². The topological polar surface area (TPSA) is 61.6 Å². The van der Waals surface area contributed by atoms with E-state index in [1.54, 1.807) is 6.08 Å². The van der Waals surface area contributed by atoms with Crippen LogP contribution >= 0.6 is 23.1 Å². The van der Waals surface area contributed by atoms with Crippen molar-refractivity contribution in [3.05, 3.63) is 12.7 Å². The third-order valence-corrected chi connectivity index (χ3v) is 3.22. The van der Waals surface area contributed by atoms with Crippen LogP contribution in [0.5, 0.6) is 0 Å². The van der Waals surface area contributed by atoms with E-state index in [1.165, 1.54) is 23.1 Å². The summed E-state index contributed by atoms with van der Waals surface area (Å²) in [4.78, 5) is 0. The molecule has 1 aromatic rings. The average Bonchev–Trinajstić information content (AvgIpc) is 2.62. The molecule has 0 fully saturated rings. The van der Waals surface area contributed by atoms with Crippen LogP contribution in [-0.4, -0.2) is 22.0 Å². The van der Waals surface area contributed by atoms with Crippen LogP contribution < -0.4 is 5.32 Å². The molecule has 1 rings (SSSR count). The Morgan fingerprint density at radius 1 is 1.79 bits per heavy atom. The van der Waals surface area contributed by atoms with Gasteiger partial charge in [-0.15, -0.1) is 16.8 Å². The summed E-state index contributed by atoms with van der Waals surface area (Å²) in [7, 11) is 0. The van der Waals surface area contributed by atoms with Gasteiger partial charge in [-0.3, -0.25) is 0 Å². The second-order valence-corrected chi connectivity index (χ2v) is 5.00. The molecule has 1 heterocycles. The highest BCUT2D eigenvalue weighted by Crippen LogP contribution is 2.28. The van der Waals surface area contributed by atoms with Crippen LogP contribution in [0.2, 0.25) is 0 Å². The Hall–Kier alpha value is -1.06. The first-order valence-corrected chi connectivity index (χ1v) is 5.70. The van der Waals surface area contributed by atoms with Crippen LogP contribution in [0.4, 0.5) is 5.13 Å². The first-order valence-electron chi connectivity index (χ1n) is 4.00. The number of aromatic nitrogens is 2. The summed E-state index contributed by atoms with van der Waals surface area (Å²) in [6, 6.07) is 2.13. The molecule has 1 N–H and O–H groups in total. The summed E-state index contributed by atoms with van der Waals surface area (Å²) in [6.07, 6.45) is 1.76. The van der Waals surface area contributed by atoms with Gasteiger partial charge in [-0.1, -0.05) is 29.2 Å². The zero-order chi connectivity index (χ0) is 10.4. The van der Waals surface area contributed by atoms with E-state index in [-0.39, 0.29) is 5.25 Å². The summed E-state index contributed by atoms with van der Waals surface area (Å²) in [5, 5.41) is 20.2. The summed E-state index contributed by atoms with van der Waals surface area (Å²) < 4.78 is 0.811. The lowest BCUT2D eigenvalue weighted by Gasteiger charge is -1.95. The van der Waals surface area contributed by atoms with Gasteiger partial charge in [0.25, 0.3) is 0 Å². The maximum Gasteiger partial charge on any atom is 0.206 e. The quantitative estimate of drug-likeness (QED) is 0.615. The first-order chi connectivity index (χ1) is 6.76. The van der Waals surface area contributed by atoms with E-state index in [1.807, 2.05) is 6.92 Å². The Bertz CT molecular complexity index is 341. The summed E-state index contributed by atoms with van der Waals surface area (Å²) in [6.45, 7) is 6.10. The fourth-order valence-electron chi connectivity index (χ4n) is 0.666. The Kier molecular flexibility index (Phi) is 4.43. The van der Waals surface area contributed by atoms with E-state index < -0.39 is 0 Å². The number of nitrogens with zero attached hydrogens (tertiary/aromatic N) is 3. The predicted molar refractivity (Wildman–Crippen MR) is 59.5 cm³/mol. The minimum Gasteiger partial charge on any atom is -0.357 e. The molecule has 0 saturated heterocycles. The van der Waals surface area contributed by atoms with E-state index in [0.717, 1.165) is 9.47 Å². The van der Waals surface area contributed by atoms with Crippen LogP contribution in [0.25, 0.3) is 0 Å². The smallest absolute Gasteiger partial charge is 0.206 e. The van der Waals surface area contributed by atoms with E-state index in [0.29, 0.717) is 6.54 Å². The minimum atomic E-state index is -0.0878. The molecule has 1 atom stereocenters. The molecule has 0 aliphatic rings. The second-order valence-electron chi connectivity index (χ2n) is 2.43. The largest absolute Gasteiger partial charge is 0.357 e. The van der Waals surface area contributed by atoms with Crippen molar-refractivity contribution >= 4 is 28.2 Å². The molecule has 6 heteroatoms. The van der Waals surface area contributed by atoms with Crippen LogP contribution in [0.15, 0.2) is 17.0 Å². The van der Waals surface area contributed by atoms with Gasteiger partial charge in [0.15, 0.2) is 4.34 Å². The zero-order valence-corrected chi connectivity index (χ0v) is 9.36. The summed E-state index contributed by atoms with van der Waals surface area (Å²) >= 11 is 2.86. The molecular formula is C8H10N4S2. The van der Waals surface area contributed by atoms with E-state index in [4.69, 9.17) is 5.26 Å². The maximum atomic E-state index is 8.60. The lowest BCUT2D eigenvalue weighted by atomic mass is 10.5. The number of hydrogen-bond donors (Lipinski definition) is 1. The third kappa shape index (κ3) is 3.36. The number of nitrogens with one attached hydrogen (secondary N) is 1. The van der Waals surface area contributed by atoms with Gasteiger partial charge >= 0.3 is 0 Å². The molecule has 1 aromatic heterocycles.